The van der Waals surface area contributed by atoms with Gasteiger partial charge in [-0.05, 0) is 37.3 Å². The summed E-state index contributed by atoms with van der Waals surface area (Å²) in [6.45, 7) is 3.36. The number of ether oxygens (including phenoxy) is 1. The van der Waals surface area contributed by atoms with Crippen LogP contribution >= 0.6 is 15.9 Å². The molecule has 0 fully saturated rings. The van der Waals surface area contributed by atoms with Crippen molar-refractivity contribution >= 4 is 60.8 Å². The first-order valence-electron chi connectivity index (χ1n) is 10.4. The number of nitrogens with zero attached hydrogens (tertiary/aromatic N) is 2. The molecule has 3 aromatic rings. The number of carboxylic acid groups (broad SMARTS) is 1. The molecule has 2 atom stereocenters. The summed E-state index contributed by atoms with van der Waals surface area (Å²) >= 11 is 3.40. The van der Waals surface area contributed by atoms with Gasteiger partial charge in [0.05, 0.1) is 36.4 Å². The van der Waals surface area contributed by atoms with E-state index in [4.69, 9.17) is 9.84 Å². The molecule has 1 amide bonds. The van der Waals surface area contributed by atoms with Gasteiger partial charge in [-0.25, -0.2) is 18.1 Å². The zero-order valence-electron chi connectivity index (χ0n) is 18.8. The fourth-order valence-corrected chi connectivity index (χ4v) is 5.02. The average molecular weight is 567 g/mol. The van der Waals surface area contributed by atoms with Crippen LogP contribution in [0.25, 0.3) is 11.0 Å². The van der Waals surface area contributed by atoms with E-state index in [1.165, 1.54) is 25.1 Å². The Kier molecular flexibility index (Phi) is 8.25. The molecule has 0 aliphatic heterocycles. The Morgan fingerprint density at radius 1 is 1.26 bits per heavy atom. The molecule has 13 heteroatoms. The summed E-state index contributed by atoms with van der Waals surface area (Å²) in [4.78, 5) is 37.7. The van der Waals surface area contributed by atoms with Crippen molar-refractivity contribution in [3.8, 4) is 5.75 Å². The summed E-state index contributed by atoms with van der Waals surface area (Å²) in [5.41, 5.74) is 1.92. The first kappa shape index (κ1) is 26.3. The molecule has 1 aromatic heterocycles. The van der Waals surface area contributed by atoms with Crippen molar-refractivity contribution in [3.63, 3.8) is 0 Å². The smallest absolute Gasteiger partial charge is 0.305 e. The van der Waals surface area contributed by atoms with Gasteiger partial charge in [0, 0.05) is 23.2 Å². The van der Waals surface area contributed by atoms with E-state index in [2.05, 4.69) is 31.0 Å². The number of hydrogen-bond acceptors (Lipinski definition) is 7. The van der Waals surface area contributed by atoms with Gasteiger partial charge >= 0.3 is 5.97 Å². The quantitative estimate of drug-likeness (QED) is 0.299. The van der Waals surface area contributed by atoms with Gasteiger partial charge in [-0.3, -0.25) is 9.59 Å². The van der Waals surface area contributed by atoms with Crippen molar-refractivity contribution in [2.24, 2.45) is 0 Å². The minimum absolute atomic E-state index is 0.0802. The Hall–Kier alpha value is -3.29. The molecule has 2 aromatic carbocycles. The SMILES string of the molecule is CC(=O)Nc1ccc(S(=O)(=O)NC(C=O)CC(=O)O)c(O[C@H](C)Cn2cnc3cc(Br)ccc32)c1. The van der Waals surface area contributed by atoms with Gasteiger partial charge in [0.15, 0.2) is 0 Å². The predicted molar refractivity (Wildman–Crippen MR) is 131 cm³/mol. The van der Waals surface area contributed by atoms with Crippen molar-refractivity contribution in [1.82, 2.24) is 14.3 Å². The number of hydrogen-bond donors (Lipinski definition) is 3. The standard InChI is InChI=1S/C22H23BrN4O7S/c1-13(10-27-12-24-18-7-15(23)3-5-19(18)27)34-20-8-16(25-14(2)29)4-6-21(20)35(32,33)26-17(11-28)9-22(30)31/h3-8,11-13,17,26H,9-10H2,1-2H3,(H,25,29)(H,30,31)/t13-,17?/m1/s1. The van der Waals surface area contributed by atoms with Crippen LogP contribution in [0.15, 0.2) is 52.1 Å². The molecule has 35 heavy (non-hydrogen) atoms. The van der Waals surface area contributed by atoms with E-state index in [0.717, 1.165) is 15.5 Å². The number of anilines is 1. The van der Waals surface area contributed by atoms with Crippen LogP contribution in [-0.2, 0) is 31.0 Å². The lowest BCUT2D eigenvalue weighted by Crippen LogP contribution is -2.37. The number of imidazole rings is 1. The van der Waals surface area contributed by atoms with Crippen LogP contribution in [0.3, 0.4) is 0 Å². The molecule has 0 saturated heterocycles. The van der Waals surface area contributed by atoms with Crippen LogP contribution in [0, 0.1) is 0 Å². The molecule has 1 heterocycles. The number of carboxylic acids is 1. The molecular formula is C22H23BrN4O7S. The summed E-state index contributed by atoms with van der Waals surface area (Å²) in [5, 5.41) is 11.5. The number of fused-ring (bicyclic) bond motifs is 1. The molecule has 0 spiro atoms. The van der Waals surface area contributed by atoms with E-state index in [-0.39, 0.29) is 22.8 Å². The Morgan fingerprint density at radius 2 is 2.00 bits per heavy atom. The lowest BCUT2D eigenvalue weighted by atomic mass is 10.2. The molecule has 0 radical (unpaired) electrons. The third-order valence-corrected chi connectivity index (χ3v) is 6.81. The zero-order chi connectivity index (χ0) is 25.8. The van der Waals surface area contributed by atoms with Crippen LogP contribution in [0.1, 0.15) is 20.3 Å². The number of aromatic nitrogens is 2. The van der Waals surface area contributed by atoms with Crippen LogP contribution in [0.2, 0.25) is 0 Å². The van der Waals surface area contributed by atoms with Crippen molar-refractivity contribution in [2.45, 2.75) is 43.9 Å². The van der Waals surface area contributed by atoms with Gasteiger partial charge < -0.3 is 24.5 Å². The predicted octanol–water partition coefficient (Wildman–Crippen LogP) is 2.55. The van der Waals surface area contributed by atoms with E-state index < -0.39 is 34.6 Å². The maximum atomic E-state index is 13.0. The Balaban J connectivity index is 1.91. The fraction of sp³-hybridized carbons (Fsp3) is 0.273. The minimum atomic E-state index is -4.35. The molecule has 0 bridgehead atoms. The summed E-state index contributed by atoms with van der Waals surface area (Å²) < 4.78 is 36.8. The van der Waals surface area contributed by atoms with Crippen molar-refractivity contribution in [1.29, 1.82) is 0 Å². The highest BCUT2D eigenvalue weighted by Crippen LogP contribution is 2.29. The summed E-state index contributed by atoms with van der Waals surface area (Å²) in [7, 11) is -4.35. The number of aliphatic carboxylic acids is 1. The number of carbonyl (C=O) groups is 3. The van der Waals surface area contributed by atoms with E-state index in [1.807, 2.05) is 22.8 Å². The lowest BCUT2D eigenvalue weighted by Gasteiger charge is -2.20. The van der Waals surface area contributed by atoms with Gasteiger partial charge in [-0.15, -0.1) is 0 Å². The molecule has 0 aliphatic rings. The van der Waals surface area contributed by atoms with Crippen LogP contribution in [0.4, 0.5) is 5.69 Å². The molecule has 1 unspecified atom stereocenters. The van der Waals surface area contributed by atoms with E-state index in [1.54, 1.807) is 13.3 Å². The van der Waals surface area contributed by atoms with Gasteiger partial charge in [-0.1, -0.05) is 15.9 Å². The normalized spacial score (nSPS) is 13.2. The number of carbonyl (C=O) groups excluding carboxylic acids is 2. The number of sulfonamides is 1. The molecule has 11 nitrogen and oxygen atoms in total. The number of rotatable bonds is 11. The van der Waals surface area contributed by atoms with Gasteiger partial charge in [0.25, 0.3) is 0 Å². The topological polar surface area (TPSA) is 157 Å². The van der Waals surface area contributed by atoms with E-state index in [9.17, 15) is 22.8 Å². The van der Waals surface area contributed by atoms with Crippen molar-refractivity contribution < 1.29 is 32.6 Å². The van der Waals surface area contributed by atoms with Crippen LogP contribution < -0.4 is 14.8 Å². The van der Waals surface area contributed by atoms with Crippen LogP contribution in [-0.4, -0.2) is 53.4 Å². The molecule has 3 rings (SSSR count). The minimum Gasteiger partial charge on any atom is -0.487 e. The number of aldehydes is 1. The zero-order valence-corrected chi connectivity index (χ0v) is 21.2. The van der Waals surface area contributed by atoms with Gasteiger partial charge in [-0.2, -0.15) is 0 Å². The second-order valence-corrected chi connectivity index (χ2v) is 10.4. The number of benzene rings is 2. The Bertz CT molecular complexity index is 1370. The highest BCUT2D eigenvalue weighted by atomic mass is 79.9. The fourth-order valence-electron chi connectivity index (χ4n) is 3.39. The summed E-state index contributed by atoms with van der Waals surface area (Å²) in [6, 6.07) is 8.09. The first-order chi connectivity index (χ1) is 16.5. The maximum Gasteiger partial charge on any atom is 0.305 e. The highest BCUT2D eigenvalue weighted by molar-refractivity contribution is 9.10. The summed E-state index contributed by atoms with van der Waals surface area (Å²) in [5.74, 6) is -1.78. The Morgan fingerprint density at radius 3 is 2.66 bits per heavy atom. The largest absolute Gasteiger partial charge is 0.487 e. The third kappa shape index (κ3) is 6.87. The monoisotopic (exact) mass is 566 g/mol. The number of halogens is 1. The summed E-state index contributed by atoms with van der Waals surface area (Å²) in [6.07, 6.45) is 0.592. The molecule has 3 N–H and O–H groups in total. The van der Waals surface area contributed by atoms with E-state index in [0.29, 0.717) is 12.2 Å². The molecule has 186 valence electrons. The number of nitrogens with one attached hydrogen (secondary N) is 2. The molecular weight excluding hydrogens is 544 g/mol. The van der Waals surface area contributed by atoms with Crippen molar-refractivity contribution in [2.75, 3.05) is 5.32 Å². The average Bonchev–Trinajstić information content (AvgIpc) is 3.13. The lowest BCUT2D eigenvalue weighted by molar-refractivity contribution is -0.138. The van der Waals surface area contributed by atoms with Crippen molar-refractivity contribution in [3.05, 3.63) is 47.2 Å². The van der Waals surface area contributed by atoms with Gasteiger partial charge in [0.2, 0.25) is 15.9 Å². The first-order valence-corrected chi connectivity index (χ1v) is 12.6. The number of amides is 1. The molecule has 0 saturated carbocycles. The third-order valence-electron chi connectivity index (χ3n) is 4.78. The second kappa shape index (κ2) is 11.0. The van der Waals surface area contributed by atoms with Crippen LogP contribution in [0.5, 0.6) is 5.75 Å². The maximum absolute atomic E-state index is 13.0. The van der Waals surface area contributed by atoms with E-state index >= 15 is 0 Å². The second-order valence-electron chi connectivity index (χ2n) is 7.76. The van der Waals surface area contributed by atoms with Gasteiger partial charge in [0.1, 0.15) is 23.0 Å². The highest BCUT2D eigenvalue weighted by Gasteiger charge is 2.26. The Labute approximate surface area is 209 Å². The molecule has 0 aliphatic carbocycles.